The van der Waals surface area contributed by atoms with Crippen LogP contribution in [0, 0.1) is 12.8 Å². The van der Waals surface area contributed by atoms with Crippen LogP contribution in [0.3, 0.4) is 0 Å². The molecule has 6 heteroatoms. The minimum atomic E-state index is -0.0506. The molecule has 98 valence electrons. The van der Waals surface area contributed by atoms with Crippen molar-refractivity contribution in [1.29, 1.82) is 0 Å². The fraction of sp³-hybridized carbons (Fsp3) is 0.583. The van der Waals surface area contributed by atoms with Gasteiger partial charge in [0.25, 0.3) is 0 Å². The van der Waals surface area contributed by atoms with Crippen LogP contribution in [-0.4, -0.2) is 29.0 Å². The van der Waals surface area contributed by atoms with Crippen molar-refractivity contribution in [3.05, 3.63) is 16.9 Å². The van der Waals surface area contributed by atoms with Crippen LogP contribution in [0.5, 0.6) is 0 Å². The van der Waals surface area contributed by atoms with Crippen LogP contribution in [0.25, 0.3) is 0 Å². The Bertz CT molecular complexity index is 412. The average Bonchev–Trinajstić information content (AvgIpc) is 2.28. The Labute approximate surface area is 111 Å². The van der Waals surface area contributed by atoms with Crippen LogP contribution in [0.15, 0.2) is 6.07 Å². The van der Waals surface area contributed by atoms with Crippen LogP contribution in [0.1, 0.15) is 25.0 Å². The van der Waals surface area contributed by atoms with Crippen LogP contribution < -0.4 is 10.6 Å². The summed E-state index contributed by atoms with van der Waals surface area (Å²) < 4.78 is 0. The lowest BCUT2D eigenvalue weighted by Crippen LogP contribution is -2.32. The molecule has 0 aliphatic carbocycles. The summed E-state index contributed by atoms with van der Waals surface area (Å²) >= 11 is 5.81. The van der Waals surface area contributed by atoms with E-state index in [2.05, 4.69) is 20.6 Å². The normalized spacial score (nSPS) is 19.6. The molecule has 2 N–H and O–H groups in total. The molecular formula is C12H17ClN4O. The third kappa shape index (κ3) is 3.92. The first-order valence-electron chi connectivity index (χ1n) is 6.15. The quantitative estimate of drug-likeness (QED) is 0.820. The fourth-order valence-corrected chi connectivity index (χ4v) is 2.36. The van der Waals surface area contributed by atoms with Gasteiger partial charge in [-0.25, -0.2) is 9.97 Å². The number of piperidine rings is 1. The van der Waals surface area contributed by atoms with E-state index in [1.807, 2.05) is 6.92 Å². The first kappa shape index (κ1) is 13.2. The summed E-state index contributed by atoms with van der Waals surface area (Å²) in [6, 6.07) is 1.66. The highest BCUT2D eigenvalue weighted by atomic mass is 35.5. The SMILES string of the molecule is Cc1cc(Cl)nc(NC(=O)CC2CCCNC2)n1. The Morgan fingerprint density at radius 3 is 3.11 bits per heavy atom. The van der Waals surface area contributed by atoms with Gasteiger partial charge in [0.15, 0.2) is 0 Å². The second-order valence-corrected chi connectivity index (χ2v) is 5.01. The lowest BCUT2D eigenvalue weighted by molar-refractivity contribution is -0.117. The first-order valence-corrected chi connectivity index (χ1v) is 6.53. The van der Waals surface area contributed by atoms with Crippen molar-refractivity contribution in [3.63, 3.8) is 0 Å². The Morgan fingerprint density at radius 2 is 2.44 bits per heavy atom. The van der Waals surface area contributed by atoms with E-state index < -0.39 is 0 Å². The van der Waals surface area contributed by atoms with Gasteiger partial charge in [0, 0.05) is 12.1 Å². The van der Waals surface area contributed by atoms with Gasteiger partial charge in [0.05, 0.1) is 0 Å². The molecular weight excluding hydrogens is 252 g/mol. The number of nitrogens with zero attached hydrogens (tertiary/aromatic N) is 2. The molecule has 1 aromatic heterocycles. The van der Waals surface area contributed by atoms with Crippen LogP contribution in [0.2, 0.25) is 5.15 Å². The van der Waals surface area contributed by atoms with Crippen molar-refractivity contribution < 1.29 is 4.79 Å². The molecule has 2 rings (SSSR count). The van der Waals surface area contributed by atoms with Gasteiger partial charge in [-0.05, 0) is 44.8 Å². The maximum atomic E-state index is 11.8. The van der Waals surface area contributed by atoms with Crippen molar-refractivity contribution >= 4 is 23.5 Å². The van der Waals surface area contributed by atoms with Crippen molar-refractivity contribution in [1.82, 2.24) is 15.3 Å². The number of hydrogen-bond acceptors (Lipinski definition) is 4. The zero-order chi connectivity index (χ0) is 13.0. The summed E-state index contributed by atoms with van der Waals surface area (Å²) in [5, 5.41) is 6.33. The highest BCUT2D eigenvalue weighted by Gasteiger charge is 2.17. The summed E-state index contributed by atoms with van der Waals surface area (Å²) in [7, 11) is 0. The number of amides is 1. The van der Waals surface area contributed by atoms with Gasteiger partial charge in [0.2, 0.25) is 11.9 Å². The molecule has 1 aromatic rings. The van der Waals surface area contributed by atoms with E-state index in [-0.39, 0.29) is 11.9 Å². The molecule has 1 saturated heterocycles. The number of anilines is 1. The van der Waals surface area contributed by atoms with E-state index in [0.717, 1.165) is 31.6 Å². The van der Waals surface area contributed by atoms with Crippen molar-refractivity contribution in [2.45, 2.75) is 26.2 Å². The van der Waals surface area contributed by atoms with E-state index in [9.17, 15) is 4.79 Å². The Morgan fingerprint density at radius 1 is 1.61 bits per heavy atom. The molecule has 1 aliphatic rings. The molecule has 1 atom stereocenters. The summed E-state index contributed by atoms with van der Waals surface area (Å²) in [5.74, 6) is 0.637. The van der Waals surface area contributed by atoms with Gasteiger partial charge in [-0.15, -0.1) is 0 Å². The predicted octanol–water partition coefficient (Wildman–Crippen LogP) is 1.77. The van der Waals surface area contributed by atoms with Crippen LogP contribution >= 0.6 is 11.6 Å². The van der Waals surface area contributed by atoms with Crippen molar-refractivity contribution in [2.24, 2.45) is 5.92 Å². The number of carbonyl (C=O) groups is 1. The zero-order valence-corrected chi connectivity index (χ0v) is 11.1. The molecule has 5 nitrogen and oxygen atoms in total. The molecule has 0 saturated carbocycles. The van der Waals surface area contributed by atoms with Crippen molar-refractivity contribution in [2.75, 3.05) is 18.4 Å². The fourth-order valence-electron chi connectivity index (χ4n) is 2.12. The summed E-state index contributed by atoms with van der Waals surface area (Å²) in [6.07, 6.45) is 2.72. The molecule has 0 aromatic carbocycles. The van der Waals surface area contributed by atoms with Gasteiger partial charge in [-0.2, -0.15) is 0 Å². The van der Waals surface area contributed by atoms with Gasteiger partial charge < -0.3 is 5.32 Å². The lowest BCUT2D eigenvalue weighted by atomic mass is 9.96. The number of aromatic nitrogens is 2. The molecule has 0 radical (unpaired) electrons. The molecule has 1 fully saturated rings. The molecule has 1 unspecified atom stereocenters. The summed E-state index contributed by atoms with van der Waals surface area (Å²) in [5.41, 5.74) is 0.740. The number of aryl methyl sites for hydroxylation is 1. The van der Waals surface area contributed by atoms with Gasteiger partial charge in [-0.1, -0.05) is 11.6 Å². The van der Waals surface area contributed by atoms with Crippen LogP contribution in [0.4, 0.5) is 5.95 Å². The molecule has 1 amide bonds. The smallest absolute Gasteiger partial charge is 0.231 e. The number of halogens is 1. The number of rotatable bonds is 3. The third-order valence-corrected chi connectivity index (χ3v) is 3.14. The van der Waals surface area contributed by atoms with E-state index >= 15 is 0 Å². The maximum absolute atomic E-state index is 11.8. The molecule has 2 heterocycles. The lowest BCUT2D eigenvalue weighted by Gasteiger charge is -2.21. The molecule has 1 aliphatic heterocycles. The standard InChI is InChI=1S/C12H17ClN4O/c1-8-5-10(13)16-12(15-8)17-11(18)6-9-3-2-4-14-7-9/h5,9,14H,2-4,6-7H2,1H3,(H,15,16,17,18). The topological polar surface area (TPSA) is 66.9 Å². The number of nitrogens with one attached hydrogen (secondary N) is 2. The summed E-state index contributed by atoms with van der Waals surface area (Å²) in [6.45, 7) is 3.77. The Balaban J connectivity index is 1.89. The molecule has 0 spiro atoms. The number of hydrogen-bond donors (Lipinski definition) is 2. The molecule has 0 bridgehead atoms. The maximum Gasteiger partial charge on any atom is 0.231 e. The van der Waals surface area contributed by atoms with Crippen LogP contribution in [-0.2, 0) is 4.79 Å². The minimum Gasteiger partial charge on any atom is -0.316 e. The zero-order valence-electron chi connectivity index (χ0n) is 10.4. The van der Waals surface area contributed by atoms with Gasteiger partial charge in [0.1, 0.15) is 5.15 Å². The van der Waals surface area contributed by atoms with Gasteiger partial charge in [-0.3, -0.25) is 10.1 Å². The van der Waals surface area contributed by atoms with Crippen molar-refractivity contribution in [3.8, 4) is 0 Å². The second kappa shape index (κ2) is 6.11. The predicted molar refractivity (Wildman–Crippen MR) is 70.6 cm³/mol. The Hall–Kier alpha value is -1.20. The third-order valence-electron chi connectivity index (χ3n) is 2.95. The summed E-state index contributed by atoms with van der Waals surface area (Å²) in [4.78, 5) is 19.9. The second-order valence-electron chi connectivity index (χ2n) is 4.62. The van der Waals surface area contributed by atoms with E-state index in [4.69, 9.17) is 11.6 Å². The van der Waals surface area contributed by atoms with E-state index in [1.165, 1.54) is 0 Å². The monoisotopic (exact) mass is 268 g/mol. The first-order chi connectivity index (χ1) is 8.63. The molecule has 18 heavy (non-hydrogen) atoms. The average molecular weight is 269 g/mol. The van der Waals surface area contributed by atoms with E-state index in [1.54, 1.807) is 6.07 Å². The largest absolute Gasteiger partial charge is 0.316 e. The van der Waals surface area contributed by atoms with Gasteiger partial charge >= 0.3 is 0 Å². The minimum absolute atomic E-state index is 0.0506. The highest BCUT2D eigenvalue weighted by Crippen LogP contribution is 2.15. The van der Waals surface area contributed by atoms with E-state index in [0.29, 0.717) is 17.5 Å². The number of carbonyl (C=O) groups excluding carboxylic acids is 1. The highest BCUT2D eigenvalue weighted by molar-refractivity contribution is 6.29. The Kier molecular flexibility index (Phi) is 4.49.